The van der Waals surface area contributed by atoms with E-state index in [1.54, 1.807) is 0 Å². The summed E-state index contributed by atoms with van der Waals surface area (Å²) in [7, 11) is -3.16. The second-order valence-corrected chi connectivity index (χ2v) is 16.6. The van der Waals surface area contributed by atoms with Crippen LogP contribution < -0.4 is 0 Å². The van der Waals surface area contributed by atoms with E-state index in [-0.39, 0.29) is 0 Å². The summed E-state index contributed by atoms with van der Waals surface area (Å²) in [6.07, 6.45) is 12.7. The lowest BCUT2D eigenvalue weighted by molar-refractivity contribution is 1.07. The summed E-state index contributed by atoms with van der Waals surface area (Å²) in [5.41, 5.74) is 0. The minimum Gasteiger partial charge on any atom is -0.103 e. The Kier molecular flexibility index (Phi) is 10.0. The second-order valence-electron chi connectivity index (χ2n) is 6.40. The van der Waals surface area contributed by atoms with E-state index in [1.807, 2.05) is 0 Å². The van der Waals surface area contributed by atoms with Crippen LogP contribution in [-0.2, 0) is 0 Å². The van der Waals surface area contributed by atoms with Gasteiger partial charge in [-0.25, -0.2) is 0 Å². The van der Waals surface area contributed by atoms with Crippen molar-refractivity contribution in [2.45, 2.75) is 48.4 Å². The lowest BCUT2D eigenvalue weighted by Crippen LogP contribution is -2.52. The minimum atomic E-state index is -1.58. The van der Waals surface area contributed by atoms with Crippen molar-refractivity contribution < 1.29 is 0 Å². The highest BCUT2D eigenvalue weighted by molar-refractivity contribution is 7.00. The van der Waals surface area contributed by atoms with Gasteiger partial charge >= 0.3 is 0 Å². The molecule has 0 N–H and O–H groups in total. The Hall–Kier alpha value is -1.13. The summed E-state index contributed by atoms with van der Waals surface area (Å²) in [5.74, 6) is 0. The fourth-order valence-electron chi connectivity index (χ4n) is 3.93. The molecule has 0 radical (unpaired) electrons. The molecule has 0 rings (SSSR count). The van der Waals surface area contributed by atoms with Gasteiger partial charge in [0.1, 0.15) is 0 Å². The Balaban J connectivity index is 5.97. The monoisotopic (exact) mass is 330 g/mol. The summed E-state index contributed by atoms with van der Waals surface area (Å²) >= 11 is 0. The van der Waals surface area contributed by atoms with E-state index in [0.29, 0.717) is 0 Å². The first-order valence-corrected chi connectivity index (χ1v) is 13.6. The van der Waals surface area contributed by atoms with Gasteiger partial charge in [0.25, 0.3) is 0 Å². The molecule has 0 atom stereocenters. The predicted molar refractivity (Wildman–Crippen MR) is 111 cm³/mol. The predicted octanol–water partition coefficient (Wildman–Crippen LogP) is 6.93. The van der Waals surface area contributed by atoms with Gasteiger partial charge < -0.3 is 0 Å². The van der Waals surface area contributed by atoms with Crippen molar-refractivity contribution >= 4 is 16.1 Å². The zero-order valence-corrected chi connectivity index (χ0v) is 16.5. The average molecular weight is 331 g/mol. The van der Waals surface area contributed by atoms with Gasteiger partial charge in [0, 0.05) is 0 Å². The van der Waals surface area contributed by atoms with Crippen molar-refractivity contribution in [1.82, 2.24) is 0 Å². The molecule has 122 valence electrons. The quantitative estimate of drug-likeness (QED) is 0.239. The van der Waals surface area contributed by atoms with E-state index in [2.05, 4.69) is 82.9 Å². The Labute approximate surface area is 140 Å². The molecule has 0 aliphatic carbocycles. The standard InChI is InChI=1S/C20H34Si2/c1-8-14-21(15-9-2,16-10-3)20(7)22(17-11-4,18-12-5)19-13-6/h8-13,20H,1-6,14-19H2,7H3. The van der Waals surface area contributed by atoms with Crippen LogP contribution in [0.1, 0.15) is 6.92 Å². The van der Waals surface area contributed by atoms with Gasteiger partial charge in [0.15, 0.2) is 0 Å². The van der Waals surface area contributed by atoms with Crippen molar-refractivity contribution in [2.75, 3.05) is 0 Å². The molecule has 0 aliphatic heterocycles. The van der Waals surface area contributed by atoms with E-state index < -0.39 is 16.1 Å². The maximum Gasteiger partial charge on any atom is 0.0650 e. The number of allylic oxidation sites excluding steroid dienone is 6. The van der Waals surface area contributed by atoms with E-state index in [0.717, 1.165) is 41.4 Å². The Morgan fingerprint density at radius 2 is 0.727 bits per heavy atom. The Morgan fingerprint density at radius 1 is 0.545 bits per heavy atom. The van der Waals surface area contributed by atoms with Crippen molar-refractivity contribution in [3.8, 4) is 0 Å². The fourth-order valence-corrected chi connectivity index (χ4v) is 17.8. The summed E-state index contributed by atoms with van der Waals surface area (Å²) in [5, 5.41) is 0.725. The molecule has 0 saturated heterocycles. The normalized spacial score (nSPS) is 11.7. The minimum absolute atomic E-state index is 0.725. The number of rotatable bonds is 14. The first-order chi connectivity index (χ1) is 10.5. The summed E-state index contributed by atoms with van der Waals surface area (Å²) in [6.45, 7) is 26.7. The maximum absolute atomic E-state index is 4.03. The van der Waals surface area contributed by atoms with Crippen molar-refractivity contribution in [2.24, 2.45) is 0 Å². The van der Waals surface area contributed by atoms with Crippen LogP contribution in [0.3, 0.4) is 0 Å². The van der Waals surface area contributed by atoms with Crippen LogP contribution in [0, 0.1) is 0 Å². The zero-order valence-electron chi connectivity index (χ0n) is 14.5. The summed E-state index contributed by atoms with van der Waals surface area (Å²) < 4.78 is 0. The van der Waals surface area contributed by atoms with Crippen molar-refractivity contribution in [1.29, 1.82) is 0 Å². The molecule has 0 heterocycles. The van der Waals surface area contributed by atoms with Crippen molar-refractivity contribution in [3.05, 3.63) is 75.9 Å². The Morgan fingerprint density at radius 3 is 0.864 bits per heavy atom. The van der Waals surface area contributed by atoms with Gasteiger partial charge in [-0.2, -0.15) is 0 Å². The van der Waals surface area contributed by atoms with Crippen LogP contribution in [0.5, 0.6) is 0 Å². The van der Waals surface area contributed by atoms with Gasteiger partial charge in [-0.15, -0.1) is 39.5 Å². The highest BCUT2D eigenvalue weighted by atomic mass is 28.4. The summed E-state index contributed by atoms with van der Waals surface area (Å²) in [6, 6.07) is 6.79. The van der Waals surface area contributed by atoms with Gasteiger partial charge in [-0.05, 0) is 36.3 Å². The van der Waals surface area contributed by atoms with Gasteiger partial charge in [0.2, 0.25) is 0 Å². The highest BCUT2D eigenvalue weighted by Crippen LogP contribution is 2.46. The van der Waals surface area contributed by atoms with E-state index in [1.165, 1.54) is 0 Å². The molecule has 0 aromatic carbocycles. The molecule has 0 aliphatic rings. The molecule has 0 nitrogen and oxygen atoms in total. The molecule has 0 aromatic heterocycles. The smallest absolute Gasteiger partial charge is 0.0650 e. The molecule has 0 aromatic rings. The van der Waals surface area contributed by atoms with Crippen LogP contribution in [0.25, 0.3) is 0 Å². The lowest BCUT2D eigenvalue weighted by atomic mass is 10.7. The number of hydrogen-bond acceptors (Lipinski definition) is 0. The van der Waals surface area contributed by atoms with Crippen LogP contribution in [0.4, 0.5) is 0 Å². The molecular formula is C20H34Si2. The largest absolute Gasteiger partial charge is 0.103 e. The highest BCUT2D eigenvalue weighted by Gasteiger charge is 2.47. The summed E-state index contributed by atoms with van der Waals surface area (Å²) in [4.78, 5) is 0. The first-order valence-electron chi connectivity index (χ1n) is 8.18. The van der Waals surface area contributed by atoms with Crippen LogP contribution in [0.2, 0.25) is 41.4 Å². The van der Waals surface area contributed by atoms with Crippen molar-refractivity contribution in [3.63, 3.8) is 0 Å². The molecule has 22 heavy (non-hydrogen) atoms. The molecule has 0 amide bonds. The number of hydrogen-bond donors (Lipinski definition) is 0. The molecule has 0 spiro atoms. The van der Waals surface area contributed by atoms with Gasteiger partial charge in [0.05, 0.1) is 16.1 Å². The van der Waals surface area contributed by atoms with Gasteiger partial charge in [-0.1, -0.05) is 48.5 Å². The van der Waals surface area contributed by atoms with Gasteiger partial charge in [-0.3, -0.25) is 0 Å². The average Bonchev–Trinajstić information content (AvgIpc) is 2.48. The molecule has 2 heteroatoms. The SMILES string of the molecule is C=CC[Si](CC=C)(CC=C)C(C)[Si](CC=C)(CC=C)CC=C. The Bertz CT molecular complexity index is 315. The molecule has 0 saturated carbocycles. The third-order valence-corrected chi connectivity index (χ3v) is 19.1. The zero-order chi connectivity index (χ0) is 17.1. The van der Waals surface area contributed by atoms with E-state index in [9.17, 15) is 0 Å². The van der Waals surface area contributed by atoms with Crippen LogP contribution in [-0.4, -0.2) is 16.1 Å². The topological polar surface area (TPSA) is 0 Å². The van der Waals surface area contributed by atoms with E-state index in [4.69, 9.17) is 0 Å². The van der Waals surface area contributed by atoms with Crippen LogP contribution in [0.15, 0.2) is 75.9 Å². The van der Waals surface area contributed by atoms with Crippen LogP contribution >= 0.6 is 0 Å². The third kappa shape index (κ3) is 4.96. The fraction of sp³-hybridized carbons (Fsp3) is 0.400. The molecule has 0 unspecified atom stereocenters. The first kappa shape index (κ1) is 20.9. The third-order valence-electron chi connectivity index (χ3n) is 5.14. The lowest BCUT2D eigenvalue weighted by Gasteiger charge is -2.46. The molecular weight excluding hydrogens is 296 g/mol. The molecule has 0 fully saturated rings. The maximum atomic E-state index is 4.03. The molecule has 0 bridgehead atoms. The van der Waals surface area contributed by atoms with E-state index >= 15 is 0 Å². The second kappa shape index (κ2) is 10.6.